The number of aromatic nitrogens is 1. The molecule has 110 valence electrons. The van der Waals surface area contributed by atoms with E-state index in [1.54, 1.807) is 6.92 Å². The molecule has 1 aromatic heterocycles. The second-order valence-electron chi connectivity index (χ2n) is 4.56. The first kappa shape index (κ1) is 16.4. The molecule has 0 aromatic carbocycles. The number of thiazole rings is 1. The van der Waals surface area contributed by atoms with Crippen LogP contribution in [0.25, 0.3) is 0 Å². The van der Waals surface area contributed by atoms with Crippen LogP contribution in [-0.2, 0) is 10.0 Å². The molecule has 0 aliphatic carbocycles. The van der Waals surface area contributed by atoms with Crippen LogP contribution in [0.1, 0.15) is 26.0 Å². The third-order valence-corrected chi connectivity index (χ3v) is 6.17. The number of anilines is 1. The highest BCUT2D eigenvalue weighted by molar-refractivity contribution is 7.91. The average molecular weight is 306 g/mol. The van der Waals surface area contributed by atoms with Crippen molar-refractivity contribution >= 4 is 26.5 Å². The Balaban J connectivity index is 2.60. The zero-order chi connectivity index (χ0) is 14.6. The van der Waals surface area contributed by atoms with Crippen molar-refractivity contribution in [2.75, 3.05) is 25.9 Å². The van der Waals surface area contributed by atoms with Crippen molar-refractivity contribution < 1.29 is 8.42 Å². The van der Waals surface area contributed by atoms with Crippen LogP contribution in [0.4, 0.5) is 5.13 Å². The molecule has 0 spiro atoms. The van der Waals surface area contributed by atoms with Gasteiger partial charge in [0.1, 0.15) is 0 Å². The van der Waals surface area contributed by atoms with E-state index in [1.807, 2.05) is 7.05 Å². The normalized spacial score (nSPS) is 13.9. The summed E-state index contributed by atoms with van der Waals surface area (Å²) in [6.07, 6.45) is 1.04. The van der Waals surface area contributed by atoms with Crippen LogP contribution >= 0.6 is 11.3 Å². The van der Waals surface area contributed by atoms with Gasteiger partial charge in [0, 0.05) is 19.1 Å². The van der Waals surface area contributed by atoms with Crippen molar-refractivity contribution in [3.05, 3.63) is 5.69 Å². The highest BCUT2D eigenvalue weighted by Crippen LogP contribution is 2.24. The van der Waals surface area contributed by atoms with E-state index in [0.29, 0.717) is 24.8 Å². The second-order valence-corrected chi connectivity index (χ2v) is 7.55. The molecule has 0 saturated carbocycles. The summed E-state index contributed by atoms with van der Waals surface area (Å²) in [6.45, 7) is 6.91. The number of aryl methyl sites for hydroxylation is 1. The van der Waals surface area contributed by atoms with Gasteiger partial charge in [0.15, 0.2) is 9.34 Å². The van der Waals surface area contributed by atoms with Gasteiger partial charge in [-0.1, -0.05) is 18.3 Å². The molecule has 0 bridgehead atoms. The third kappa shape index (κ3) is 4.41. The average Bonchev–Trinajstić information content (AvgIpc) is 2.67. The van der Waals surface area contributed by atoms with Crippen molar-refractivity contribution in [3.8, 4) is 0 Å². The molecule has 1 atom stereocenters. The standard InChI is InChI=1S/C11H22N4O2S2/c1-5-8(2)15(4)7-6-13-19(16,17)10-9(3)14-11(12)18-10/h8,13H,5-7H2,1-4H3,(H2,12,14). The number of nitrogens with zero attached hydrogens (tertiary/aromatic N) is 2. The molecule has 0 fully saturated rings. The Morgan fingerprint density at radius 1 is 1.53 bits per heavy atom. The van der Waals surface area contributed by atoms with Gasteiger partial charge in [0.05, 0.1) is 5.69 Å². The summed E-state index contributed by atoms with van der Waals surface area (Å²) in [4.78, 5) is 6.05. The first-order valence-corrected chi connectivity index (χ1v) is 8.50. The molecule has 1 rings (SSSR count). The van der Waals surface area contributed by atoms with Gasteiger partial charge in [-0.2, -0.15) is 0 Å². The van der Waals surface area contributed by atoms with Crippen molar-refractivity contribution in [3.63, 3.8) is 0 Å². The summed E-state index contributed by atoms with van der Waals surface area (Å²) >= 11 is 0.994. The zero-order valence-corrected chi connectivity index (χ0v) is 13.4. The van der Waals surface area contributed by atoms with Gasteiger partial charge in [-0.25, -0.2) is 18.1 Å². The molecule has 6 nitrogen and oxygen atoms in total. The first-order valence-electron chi connectivity index (χ1n) is 6.20. The fourth-order valence-electron chi connectivity index (χ4n) is 1.61. The van der Waals surface area contributed by atoms with Crippen molar-refractivity contribution in [1.82, 2.24) is 14.6 Å². The summed E-state index contributed by atoms with van der Waals surface area (Å²) in [5, 5.41) is 0.273. The SMILES string of the molecule is CCC(C)N(C)CCNS(=O)(=O)c1sc(N)nc1C. The van der Waals surface area contributed by atoms with E-state index >= 15 is 0 Å². The van der Waals surface area contributed by atoms with Gasteiger partial charge in [0.2, 0.25) is 0 Å². The van der Waals surface area contributed by atoms with Gasteiger partial charge in [-0.15, -0.1) is 0 Å². The van der Waals surface area contributed by atoms with Crippen LogP contribution in [0.2, 0.25) is 0 Å². The van der Waals surface area contributed by atoms with Gasteiger partial charge in [0.25, 0.3) is 10.0 Å². The Bertz CT molecular complexity index is 513. The zero-order valence-electron chi connectivity index (χ0n) is 11.8. The summed E-state index contributed by atoms with van der Waals surface area (Å²) in [5.74, 6) is 0. The first-order chi connectivity index (χ1) is 8.77. The minimum absolute atomic E-state index is 0.205. The summed E-state index contributed by atoms with van der Waals surface area (Å²) in [7, 11) is -1.51. The van der Waals surface area contributed by atoms with Crippen LogP contribution in [-0.4, -0.2) is 44.5 Å². The van der Waals surface area contributed by atoms with Gasteiger partial charge in [-0.05, 0) is 27.3 Å². The highest BCUT2D eigenvalue weighted by atomic mass is 32.2. The lowest BCUT2D eigenvalue weighted by atomic mass is 10.2. The molecule has 0 amide bonds. The Morgan fingerprint density at radius 2 is 2.16 bits per heavy atom. The maximum atomic E-state index is 12.1. The molecule has 0 aliphatic heterocycles. The van der Waals surface area contributed by atoms with E-state index in [9.17, 15) is 8.42 Å². The minimum atomic E-state index is -3.50. The molecule has 0 saturated heterocycles. The van der Waals surface area contributed by atoms with Crippen LogP contribution in [0.3, 0.4) is 0 Å². The topological polar surface area (TPSA) is 88.3 Å². The highest BCUT2D eigenvalue weighted by Gasteiger charge is 2.21. The molecule has 1 unspecified atom stereocenters. The molecule has 19 heavy (non-hydrogen) atoms. The maximum Gasteiger partial charge on any atom is 0.252 e. The minimum Gasteiger partial charge on any atom is -0.375 e. The van der Waals surface area contributed by atoms with E-state index < -0.39 is 10.0 Å². The van der Waals surface area contributed by atoms with E-state index in [0.717, 1.165) is 17.8 Å². The van der Waals surface area contributed by atoms with Crippen LogP contribution in [0, 0.1) is 6.92 Å². The fourth-order valence-corrected chi connectivity index (χ4v) is 3.97. The Hall–Kier alpha value is -0.700. The number of nitrogens with one attached hydrogen (secondary N) is 1. The molecule has 0 radical (unpaired) electrons. The van der Waals surface area contributed by atoms with Crippen molar-refractivity contribution in [2.24, 2.45) is 0 Å². The number of nitrogen functional groups attached to an aromatic ring is 1. The van der Waals surface area contributed by atoms with Gasteiger partial charge >= 0.3 is 0 Å². The van der Waals surface area contributed by atoms with Crippen molar-refractivity contribution in [1.29, 1.82) is 0 Å². The molecule has 8 heteroatoms. The lowest BCUT2D eigenvalue weighted by molar-refractivity contribution is 0.256. The number of hydrogen-bond acceptors (Lipinski definition) is 6. The maximum absolute atomic E-state index is 12.1. The Kier molecular flexibility index (Phi) is 5.72. The number of nitrogens with two attached hydrogens (primary N) is 1. The fraction of sp³-hybridized carbons (Fsp3) is 0.727. The predicted molar refractivity (Wildman–Crippen MR) is 78.8 cm³/mol. The quantitative estimate of drug-likeness (QED) is 0.786. The lowest BCUT2D eigenvalue weighted by Gasteiger charge is -2.23. The molecule has 0 aliphatic rings. The number of sulfonamides is 1. The van der Waals surface area contributed by atoms with E-state index in [4.69, 9.17) is 5.73 Å². The van der Waals surface area contributed by atoms with Gasteiger partial charge in [-0.3, -0.25) is 0 Å². The third-order valence-electron chi connectivity index (χ3n) is 3.11. The van der Waals surface area contributed by atoms with E-state index in [2.05, 4.69) is 28.5 Å². The summed E-state index contributed by atoms with van der Waals surface area (Å²) < 4.78 is 26.9. The molecule has 1 heterocycles. The molecular formula is C11H22N4O2S2. The molecule has 3 N–H and O–H groups in total. The van der Waals surface area contributed by atoms with Crippen LogP contribution in [0.5, 0.6) is 0 Å². The van der Waals surface area contributed by atoms with Gasteiger partial charge < -0.3 is 10.6 Å². The van der Waals surface area contributed by atoms with Crippen molar-refractivity contribution in [2.45, 2.75) is 37.4 Å². The Morgan fingerprint density at radius 3 is 2.63 bits per heavy atom. The summed E-state index contributed by atoms with van der Waals surface area (Å²) in [6, 6.07) is 0.435. The van der Waals surface area contributed by atoms with E-state index in [1.165, 1.54) is 0 Å². The number of rotatable bonds is 7. The lowest BCUT2D eigenvalue weighted by Crippen LogP contribution is -2.37. The second kappa shape index (κ2) is 6.65. The largest absolute Gasteiger partial charge is 0.375 e. The number of hydrogen-bond donors (Lipinski definition) is 2. The van der Waals surface area contributed by atoms with Crippen LogP contribution in [0.15, 0.2) is 4.21 Å². The smallest absolute Gasteiger partial charge is 0.252 e. The van der Waals surface area contributed by atoms with E-state index in [-0.39, 0.29) is 9.34 Å². The van der Waals surface area contributed by atoms with Crippen LogP contribution < -0.4 is 10.5 Å². The Labute approximate surface area is 119 Å². The monoisotopic (exact) mass is 306 g/mol. The summed E-state index contributed by atoms with van der Waals surface area (Å²) in [5.41, 5.74) is 5.97. The number of likely N-dealkylation sites (N-methyl/N-ethyl adjacent to an activating group) is 1. The molecule has 1 aromatic rings. The predicted octanol–water partition coefficient (Wildman–Crippen LogP) is 1.04. The molecular weight excluding hydrogens is 284 g/mol.